The molecular weight excluding hydrogens is 352 g/mol. The lowest BCUT2D eigenvalue weighted by Crippen LogP contribution is -2.30. The van der Waals surface area contributed by atoms with Crippen LogP contribution in [0, 0.1) is 0 Å². The van der Waals surface area contributed by atoms with Crippen molar-refractivity contribution in [2.45, 2.75) is 25.8 Å². The first-order chi connectivity index (χ1) is 13.5. The molecule has 2 heterocycles. The van der Waals surface area contributed by atoms with Crippen molar-refractivity contribution >= 4 is 27.8 Å². The number of fused-ring (bicyclic) bond motifs is 2. The van der Waals surface area contributed by atoms with E-state index in [4.69, 9.17) is 0 Å². The quantitative estimate of drug-likeness (QED) is 0.560. The van der Waals surface area contributed by atoms with E-state index in [9.17, 15) is 9.59 Å². The normalized spacial score (nSPS) is 12.4. The van der Waals surface area contributed by atoms with Crippen LogP contribution in [0.15, 0.2) is 59.4 Å². The number of benzene rings is 2. The van der Waals surface area contributed by atoms with Crippen molar-refractivity contribution in [2.75, 3.05) is 7.05 Å². The van der Waals surface area contributed by atoms with E-state index in [1.54, 1.807) is 11.9 Å². The Morgan fingerprint density at radius 1 is 1.07 bits per heavy atom. The van der Waals surface area contributed by atoms with Gasteiger partial charge in [0.1, 0.15) is 5.69 Å². The summed E-state index contributed by atoms with van der Waals surface area (Å²) in [5.74, 6) is -0.0273. The highest BCUT2D eigenvalue weighted by Gasteiger charge is 2.19. The number of nitrogens with zero attached hydrogens (tertiary/aromatic N) is 2. The summed E-state index contributed by atoms with van der Waals surface area (Å²) in [4.78, 5) is 37.2. The third-order valence-corrected chi connectivity index (χ3v) is 5.22. The highest BCUT2D eigenvalue weighted by Crippen LogP contribution is 2.23. The largest absolute Gasteiger partial charge is 0.357 e. The van der Waals surface area contributed by atoms with Crippen LogP contribution in [0.3, 0.4) is 0 Å². The monoisotopic (exact) mass is 374 g/mol. The highest BCUT2D eigenvalue weighted by atomic mass is 16.2. The van der Waals surface area contributed by atoms with Crippen LogP contribution < -0.4 is 5.56 Å². The summed E-state index contributed by atoms with van der Waals surface area (Å²) in [5, 5.41) is 1.12. The number of para-hydroxylation sites is 3. The number of carbonyl (C=O) groups is 1. The minimum absolute atomic E-state index is 0.0273. The Bertz CT molecular complexity index is 1170. The number of aromatic amines is 2. The summed E-state index contributed by atoms with van der Waals surface area (Å²) < 4.78 is 0. The fourth-order valence-corrected chi connectivity index (χ4v) is 3.38. The highest BCUT2D eigenvalue weighted by molar-refractivity contribution is 5.81. The van der Waals surface area contributed by atoms with Crippen LogP contribution in [0.1, 0.15) is 30.8 Å². The molecule has 0 fully saturated rings. The summed E-state index contributed by atoms with van der Waals surface area (Å²) in [6, 6.07) is 17.4. The number of H-pyrrole nitrogens is 2. The lowest BCUT2D eigenvalue weighted by atomic mass is 10.1. The second kappa shape index (κ2) is 7.31. The van der Waals surface area contributed by atoms with E-state index in [2.05, 4.69) is 21.0 Å². The van der Waals surface area contributed by atoms with E-state index in [1.165, 1.54) is 0 Å². The first kappa shape index (κ1) is 18.0. The SMILES string of the molecule is C[C@@H](c1cc2ccccc2[nH]1)N(C)C(=O)CCc1nc2ccccc2[nH]c1=O. The van der Waals surface area contributed by atoms with Crippen LogP contribution in [0.2, 0.25) is 0 Å². The van der Waals surface area contributed by atoms with Crippen molar-refractivity contribution in [1.82, 2.24) is 19.9 Å². The maximum absolute atomic E-state index is 12.7. The van der Waals surface area contributed by atoms with E-state index >= 15 is 0 Å². The molecule has 0 aliphatic rings. The average Bonchev–Trinajstić information content (AvgIpc) is 3.15. The predicted molar refractivity (Wildman–Crippen MR) is 110 cm³/mol. The average molecular weight is 374 g/mol. The van der Waals surface area contributed by atoms with E-state index in [1.807, 2.05) is 55.5 Å². The number of nitrogens with one attached hydrogen (secondary N) is 2. The zero-order valence-electron chi connectivity index (χ0n) is 15.9. The molecule has 0 saturated carbocycles. The van der Waals surface area contributed by atoms with Gasteiger partial charge in [-0.15, -0.1) is 0 Å². The van der Waals surface area contributed by atoms with Gasteiger partial charge in [0.2, 0.25) is 5.91 Å². The van der Waals surface area contributed by atoms with Gasteiger partial charge in [-0.2, -0.15) is 0 Å². The molecule has 1 amide bonds. The number of hydrogen-bond donors (Lipinski definition) is 2. The maximum atomic E-state index is 12.7. The number of aryl methyl sites for hydroxylation is 1. The summed E-state index contributed by atoms with van der Waals surface area (Å²) in [5.41, 5.74) is 3.61. The number of amides is 1. The minimum Gasteiger partial charge on any atom is -0.357 e. The van der Waals surface area contributed by atoms with Crippen molar-refractivity contribution in [3.63, 3.8) is 0 Å². The van der Waals surface area contributed by atoms with E-state index in [0.717, 1.165) is 22.1 Å². The smallest absolute Gasteiger partial charge is 0.270 e. The summed E-state index contributed by atoms with van der Waals surface area (Å²) >= 11 is 0. The Morgan fingerprint density at radius 3 is 2.57 bits per heavy atom. The fourth-order valence-electron chi connectivity index (χ4n) is 3.38. The first-order valence-corrected chi connectivity index (χ1v) is 9.34. The Kier molecular flexibility index (Phi) is 4.69. The third kappa shape index (κ3) is 3.41. The van der Waals surface area contributed by atoms with Crippen molar-refractivity contribution in [3.8, 4) is 0 Å². The van der Waals surface area contributed by atoms with Gasteiger partial charge in [0.25, 0.3) is 5.56 Å². The van der Waals surface area contributed by atoms with Crippen LogP contribution in [0.4, 0.5) is 0 Å². The molecule has 0 unspecified atom stereocenters. The lowest BCUT2D eigenvalue weighted by molar-refractivity contribution is -0.131. The molecule has 2 aromatic carbocycles. The molecule has 0 aliphatic heterocycles. The Hall–Kier alpha value is -3.41. The molecule has 0 saturated heterocycles. The second-order valence-electron chi connectivity index (χ2n) is 7.02. The molecule has 2 aromatic heterocycles. The molecule has 28 heavy (non-hydrogen) atoms. The molecule has 0 aliphatic carbocycles. The molecule has 0 bridgehead atoms. The van der Waals surface area contributed by atoms with Crippen molar-refractivity contribution < 1.29 is 4.79 Å². The van der Waals surface area contributed by atoms with Crippen molar-refractivity contribution in [1.29, 1.82) is 0 Å². The van der Waals surface area contributed by atoms with Gasteiger partial charge >= 0.3 is 0 Å². The Balaban J connectivity index is 1.47. The molecule has 6 heteroatoms. The molecule has 142 valence electrons. The van der Waals surface area contributed by atoms with Gasteiger partial charge in [-0.25, -0.2) is 4.98 Å². The van der Waals surface area contributed by atoms with Crippen LogP contribution >= 0.6 is 0 Å². The van der Waals surface area contributed by atoms with Crippen LogP contribution in [0.5, 0.6) is 0 Å². The molecule has 6 nitrogen and oxygen atoms in total. The van der Waals surface area contributed by atoms with Crippen molar-refractivity contribution in [2.24, 2.45) is 0 Å². The van der Waals surface area contributed by atoms with Crippen LogP contribution in [-0.4, -0.2) is 32.8 Å². The zero-order chi connectivity index (χ0) is 19.7. The van der Waals surface area contributed by atoms with E-state index in [0.29, 0.717) is 17.6 Å². The number of carbonyl (C=O) groups excluding carboxylic acids is 1. The predicted octanol–water partition coefficient (Wildman–Crippen LogP) is 3.56. The van der Waals surface area contributed by atoms with Crippen LogP contribution in [-0.2, 0) is 11.2 Å². The van der Waals surface area contributed by atoms with Gasteiger partial charge in [0.15, 0.2) is 0 Å². The third-order valence-electron chi connectivity index (χ3n) is 5.22. The zero-order valence-corrected chi connectivity index (χ0v) is 15.9. The van der Waals surface area contributed by atoms with Crippen LogP contribution in [0.25, 0.3) is 21.9 Å². The van der Waals surface area contributed by atoms with Crippen molar-refractivity contribution in [3.05, 3.63) is 76.3 Å². The maximum Gasteiger partial charge on any atom is 0.270 e. The molecule has 2 N–H and O–H groups in total. The molecular formula is C22H22N4O2. The minimum atomic E-state index is -0.238. The first-order valence-electron chi connectivity index (χ1n) is 9.34. The summed E-state index contributed by atoms with van der Waals surface area (Å²) in [6.45, 7) is 1.99. The molecule has 4 rings (SSSR count). The molecule has 0 radical (unpaired) electrons. The Labute approximate surface area is 162 Å². The van der Waals surface area contributed by atoms with Gasteiger partial charge in [0.05, 0.1) is 17.1 Å². The van der Waals surface area contributed by atoms with E-state index < -0.39 is 0 Å². The topological polar surface area (TPSA) is 81.8 Å². The standard InChI is InChI=1S/C22H22N4O2/c1-14(20-13-15-7-3-4-8-16(15)23-20)26(2)21(27)12-11-19-22(28)25-18-10-6-5-9-17(18)24-19/h3-10,13-14,23H,11-12H2,1-2H3,(H,25,28)/t14-/m0/s1. The molecule has 0 spiro atoms. The number of rotatable bonds is 5. The summed E-state index contributed by atoms with van der Waals surface area (Å²) in [6.07, 6.45) is 0.540. The fraction of sp³-hybridized carbons (Fsp3) is 0.227. The van der Waals surface area contributed by atoms with Gasteiger partial charge in [-0.3, -0.25) is 9.59 Å². The van der Waals surface area contributed by atoms with Gasteiger partial charge in [-0.05, 0) is 36.6 Å². The second-order valence-corrected chi connectivity index (χ2v) is 7.02. The van der Waals surface area contributed by atoms with Gasteiger partial charge in [0, 0.05) is 31.1 Å². The Morgan fingerprint density at radius 2 is 1.79 bits per heavy atom. The lowest BCUT2D eigenvalue weighted by Gasteiger charge is -2.24. The molecule has 1 atom stereocenters. The summed E-state index contributed by atoms with van der Waals surface area (Å²) in [7, 11) is 1.79. The van der Waals surface area contributed by atoms with Gasteiger partial charge < -0.3 is 14.9 Å². The number of hydrogen-bond acceptors (Lipinski definition) is 3. The number of aromatic nitrogens is 3. The van der Waals surface area contributed by atoms with Gasteiger partial charge in [-0.1, -0.05) is 30.3 Å². The van der Waals surface area contributed by atoms with E-state index in [-0.39, 0.29) is 23.9 Å². The molecule has 4 aromatic rings.